The second kappa shape index (κ2) is 6.06. The Morgan fingerprint density at radius 2 is 1.95 bits per heavy atom. The van der Waals surface area contributed by atoms with E-state index in [1.807, 2.05) is 4.90 Å². The lowest BCUT2D eigenvalue weighted by molar-refractivity contribution is 0.0764. The second-order valence-corrected chi connectivity index (χ2v) is 5.92. The molecule has 2 aliphatic rings. The summed E-state index contributed by atoms with van der Waals surface area (Å²) in [5.74, 6) is -0.0336. The molecule has 0 radical (unpaired) electrons. The van der Waals surface area contributed by atoms with Crippen LogP contribution in [0, 0.1) is 0 Å². The molecule has 2 aliphatic heterocycles. The maximum atomic E-state index is 12.3. The van der Waals surface area contributed by atoms with Crippen molar-refractivity contribution in [1.29, 1.82) is 0 Å². The Morgan fingerprint density at radius 3 is 2.65 bits per heavy atom. The first-order chi connectivity index (χ1) is 9.74. The maximum absolute atomic E-state index is 12.3. The van der Waals surface area contributed by atoms with Crippen LogP contribution in [0.3, 0.4) is 0 Å². The van der Waals surface area contributed by atoms with Crippen LogP contribution in [0.1, 0.15) is 36.2 Å². The van der Waals surface area contributed by atoms with Gasteiger partial charge in [0.25, 0.3) is 5.91 Å². The van der Waals surface area contributed by atoms with E-state index >= 15 is 0 Å². The lowest BCUT2D eigenvalue weighted by atomic mass is 10.1. The summed E-state index contributed by atoms with van der Waals surface area (Å²) < 4.78 is 0. The Bertz CT molecular complexity index is 473. The highest BCUT2D eigenvalue weighted by molar-refractivity contribution is 6.29. The third kappa shape index (κ3) is 2.94. The fourth-order valence-corrected chi connectivity index (χ4v) is 3.20. The van der Waals surface area contributed by atoms with Crippen LogP contribution in [0.2, 0.25) is 5.15 Å². The molecule has 1 amide bonds. The van der Waals surface area contributed by atoms with Gasteiger partial charge in [-0.3, -0.25) is 9.69 Å². The monoisotopic (exact) mass is 294 g/mol. The van der Waals surface area contributed by atoms with Crippen LogP contribution in [0.25, 0.3) is 0 Å². The van der Waals surface area contributed by atoms with Crippen molar-refractivity contribution in [3.05, 3.63) is 23.0 Å². The summed E-state index contributed by atoms with van der Waals surface area (Å²) in [5.41, 5.74) is 0.383. The Hall–Kier alpha value is -1.20. The standard InChI is InChI=1S/C14H19ClN4O/c15-13-5-4-12(16-17-13)14(20)19-9-6-11(10-19)18-7-2-1-3-8-18/h4-5,11H,1-3,6-10H2. The zero-order valence-electron chi connectivity index (χ0n) is 11.5. The first kappa shape index (κ1) is 13.8. The first-order valence-electron chi connectivity index (χ1n) is 7.26. The summed E-state index contributed by atoms with van der Waals surface area (Å²) in [4.78, 5) is 16.8. The molecular weight excluding hydrogens is 276 g/mol. The van der Waals surface area contributed by atoms with Crippen LogP contribution in [-0.4, -0.2) is 58.1 Å². The Kier molecular flexibility index (Phi) is 4.17. The second-order valence-electron chi connectivity index (χ2n) is 5.53. The van der Waals surface area contributed by atoms with Crippen LogP contribution < -0.4 is 0 Å². The van der Waals surface area contributed by atoms with Gasteiger partial charge in [-0.25, -0.2) is 0 Å². The quantitative estimate of drug-likeness (QED) is 0.835. The van der Waals surface area contributed by atoms with Crippen LogP contribution in [0.15, 0.2) is 12.1 Å². The smallest absolute Gasteiger partial charge is 0.274 e. The molecule has 0 aliphatic carbocycles. The van der Waals surface area contributed by atoms with E-state index in [2.05, 4.69) is 15.1 Å². The summed E-state index contributed by atoms with van der Waals surface area (Å²) in [5, 5.41) is 7.93. The number of hydrogen-bond acceptors (Lipinski definition) is 4. The first-order valence-corrected chi connectivity index (χ1v) is 7.64. The van der Waals surface area contributed by atoms with E-state index in [-0.39, 0.29) is 5.91 Å². The van der Waals surface area contributed by atoms with Gasteiger partial charge in [-0.2, -0.15) is 0 Å². The molecule has 1 aromatic heterocycles. The Balaban J connectivity index is 1.61. The van der Waals surface area contributed by atoms with Crippen LogP contribution >= 0.6 is 11.6 Å². The fraction of sp³-hybridized carbons (Fsp3) is 0.643. The largest absolute Gasteiger partial charge is 0.336 e. The molecule has 1 atom stereocenters. The molecule has 0 spiro atoms. The number of carbonyl (C=O) groups excluding carboxylic acids is 1. The topological polar surface area (TPSA) is 49.3 Å². The average Bonchev–Trinajstić information content (AvgIpc) is 2.98. The molecule has 2 saturated heterocycles. The normalized spacial score (nSPS) is 24.1. The van der Waals surface area contributed by atoms with Gasteiger partial charge in [-0.1, -0.05) is 18.0 Å². The number of hydrogen-bond donors (Lipinski definition) is 0. The van der Waals surface area contributed by atoms with Crippen LogP contribution in [-0.2, 0) is 0 Å². The minimum atomic E-state index is -0.0336. The molecule has 3 rings (SSSR count). The zero-order valence-corrected chi connectivity index (χ0v) is 12.2. The fourth-order valence-electron chi connectivity index (χ4n) is 3.10. The molecule has 2 fully saturated rings. The average molecular weight is 295 g/mol. The summed E-state index contributed by atoms with van der Waals surface area (Å²) in [7, 11) is 0. The highest BCUT2D eigenvalue weighted by Crippen LogP contribution is 2.21. The number of rotatable bonds is 2. The summed E-state index contributed by atoms with van der Waals surface area (Å²) in [6.07, 6.45) is 4.97. The minimum absolute atomic E-state index is 0.0336. The van der Waals surface area contributed by atoms with Crippen molar-refractivity contribution >= 4 is 17.5 Å². The maximum Gasteiger partial charge on any atom is 0.274 e. The summed E-state index contributed by atoms with van der Waals surface area (Å²) in [6, 6.07) is 3.77. The number of piperidine rings is 1. The summed E-state index contributed by atoms with van der Waals surface area (Å²) >= 11 is 5.70. The molecule has 5 nitrogen and oxygen atoms in total. The van der Waals surface area contributed by atoms with E-state index < -0.39 is 0 Å². The number of carbonyl (C=O) groups is 1. The molecule has 6 heteroatoms. The van der Waals surface area contributed by atoms with Crippen molar-refractivity contribution in [2.45, 2.75) is 31.7 Å². The third-order valence-electron chi connectivity index (χ3n) is 4.21. The van der Waals surface area contributed by atoms with Crippen molar-refractivity contribution in [1.82, 2.24) is 20.0 Å². The van der Waals surface area contributed by atoms with Gasteiger partial charge in [-0.05, 0) is 44.5 Å². The van der Waals surface area contributed by atoms with Crippen LogP contribution in [0.5, 0.6) is 0 Å². The Labute approximate surface area is 123 Å². The van der Waals surface area contributed by atoms with Gasteiger partial charge in [0.15, 0.2) is 10.8 Å². The number of nitrogens with zero attached hydrogens (tertiary/aromatic N) is 4. The van der Waals surface area contributed by atoms with Crippen molar-refractivity contribution in [3.63, 3.8) is 0 Å². The zero-order chi connectivity index (χ0) is 13.9. The van der Waals surface area contributed by atoms with E-state index in [1.165, 1.54) is 32.4 Å². The van der Waals surface area contributed by atoms with Gasteiger partial charge in [0.05, 0.1) is 0 Å². The van der Waals surface area contributed by atoms with E-state index in [9.17, 15) is 4.79 Å². The highest BCUT2D eigenvalue weighted by atomic mass is 35.5. The van der Waals surface area contributed by atoms with Gasteiger partial charge in [-0.15, -0.1) is 10.2 Å². The predicted molar refractivity (Wildman–Crippen MR) is 76.8 cm³/mol. The lowest BCUT2D eigenvalue weighted by Crippen LogP contribution is -2.41. The molecule has 3 heterocycles. The minimum Gasteiger partial charge on any atom is -0.336 e. The van der Waals surface area contributed by atoms with E-state index in [1.54, 1.807) is 12.1 Å². The van der Waals surface area contributed by atoms with E-state index in [0.717, 1.165) is 19.5 Å². The van der Waals surface area contributed by atoms with Crippen molar-refractivity contribution in [2.24, 2.45) is 0 Å². The molecule has 1 unspecified atom stereocenters. The van der Waals surface area contributed by atoms with Gasteiger partial charge < -0.3 is 4.90 Å². The molecule has 0 N–H and O–H groups in total. The number of amides is 1. The number of aromatic nitrogens is 2. The van der Waals surface area contributed by atoms with Crippen molar-refractivity contribution in [2.75, 3.05) is 26.2 Å². The molecule has 1 aromatic rings. The molecule has 0 aromatic carbocycles. The lowest BCUT2D eigenvalue weighted by Gasteiger charge is -2.32. The van der Waals surface area contributed by atoms with Crippen LogP contribution in [0.4, 0.5) is 0 Å². The van der Waals surface area contributed by atoms with Crippen molar-refractivity contribution < 1.29 is 4.79 Å². The predicted octanol–water partition coefficient (Wildman–Crippen LogP) is 1.83. The Morgan fingerprint density at radius 1 is 1.15 bits per heavy atom. The van der Waals surface area contributed by atoms with E-state index in [4.69, 9.17) is 11.6 Å². The van der Waals surface area contributed by atoms with Gasteiger partial charge >= 0.3 is 0 Å². The summed E-state index contributed by atoms with van der Waals surface area (Å²) in [6.45, 7) is 3.97. The number of likely N-dealkylation sites (tertiary alicyclic amines) is 2. The van der Waals surface area contributed by atoms with Crippen molar-refractivity contribution in [3.8, 4) is 0 Å². The number of halogens is 1. The third-order valence-corrected chi connectivity index (χ3v) is 4.41. The molecule has 20 heavy (non-hydrogen) atoms. The van der Waals surface area contributed by atoms with Gasteiger partial charge in [0, 0.05) is 19.1 Å². The molecular formula is C14H19ClN4O. The molecule has 0 saturated carbocycles. The van der Waals surface area contributed by atoms with Gasteiger partial charge in [0.1, 0.15) is 0 Å². The highest BCUT2D eigenvalue weighted by Gasteiger charge is 2.31. The van der Waals surface area contributed by atoms with Gasteiger partial charge in [0.2, 0.25) is 0 Å². The van der Waals surface area contributed by atoms with E-state index in [0.29, 0.717) is 16.9 Å². The SMILES string of the molecule is O=C(c1ccc(Cl)nn1)N1CCC(N2CCCCC2)C1. The molecule has 108 valence electrons. The molecule has 0 bridgehead atoms.